The quantitative estimate of drug-likeness (QED) is 0.443. The molecule has 0 radical (unpaired) electrons. The summed E-state index contributed by atoms with van der Waals surface area (Å²) >= 11 is 0. The molecule has 0 amide bonds. The van der Waals surface area contributed by atoms with Gasteiger partial charge in [0, 0.05) is 24.1 Å². The topological polar surface area (TPSA) is 75.7 Å². The van der Waals surface area contributed by atoms with Crippen molar-refractivity contribution in [2.24, 2.45) is 5.92 Å². The Hall–Kier alpha value is -2.22. The van der Waals surface area contributed by atoms with E-state index in [1.807, 2.05) is 48.3 Å². The molecule has 1 saturated heterocycles. The molecule has 0 unspecified atom stereocenters. The van der Waals surface area contributed by atoms with E-state index >= 15 is 0 Å². The first-order chi connectivity index (χ1) is 14.9. The van der Waals surface area contributed by atoms with E-state index in [9.17, 15) is 13.2 Å². The molecule has 0 bridgehead atoms. The Morgan fingerprint density at radius 1 is 1.10 bits per heavy atom. The largest absolute Gasteiger partial charge is 0.494 e. The van der Waals surface area contributed by atoms with Gasteiger partial charge < -0.3 is 4.74 Å². The molecule has 1 aliphatic heterocycles. The summed E-state index contributed by atoms with van der Waals surface area (Å²) in [5, 5.41) is 1.86. The number of carbonyl (C=O) groups excluding carboxylic acids is 1. The van der Waals surface area contributed by atoms with Gasteiger partial charge in [-0.05, 0) is 81.3 Å². The van der Waals surface area contributed by atoms with Gasteiger partial charge in [0.05, 0.1) is 11.5 Å². The van der Waals surface area contributed by atoms with Crippen LogP contribution < -0.4 is 9.57 Å². The molecule has 2 aromatic rings. The van der Waals surface area contributed by atoms with E-state index in [0.717, 1.165) is 55.4 Å². The normalized spacial score (nSPS) is 19.5. The summed E-state index contributed by atoms with van der Waals surface area (Å²) < 4.78 is 31.4. The second kappa shape index (κ2) is 9.51. The number of benzene rings is 2. The number of sulfonamides is 1. The minimum Gasteiger partial charge on any atom is -0.494 e. The zero-order valence-corrected chi connectivity index (χ0v) is 18.7. The summed E-state index contributed by atoms with van der Waals surface area (Å²) in [6.45, 7) is 3.08. The van der Waals surface area contributed by atoms with E-state index in [1.165, 1.54) is 0 Å². The second-order valence-electron chi connectivity index (χ2n) is 8.50. The maximum Gasteiger partial charge on any atom is 0.253 e. The number of nitrogens with zero attached hydrogens (tertiary/aromatic N) is 1. The lowest BCUT2D eigenvalue weighted by molar-refractivity contribution is 0.0967. The van der Waals surface area contributed by atoms with Crippen molar-refractivity contribution in [3.05, 3.63) is 59.7 Å². The Kier molecular flexibility index (Phi) is 6.74. The van der Waals surface area contributed by atoms with Gasteiger partial charge in [-0.1, -0.05) is 18.2 Å². The molecule has 2 fully saturated rings. The third-order valence-corrected chi connectivity index (χ3v) is 7.55. The number of Topliss-reactive ketones (excluding diaryl/α,β-unsaturated/α-hetero) is 1. The molecule has 1 saturated carbocycles. The lowest BCUT2D eigenvalue weighted by Crippen LogP contribution is -2.45. The molecular formula is C24H30N2O4S. The fourth-order valence-electron chi connectivity index (χ4n) is 4.12. The van der Waals surface area contributed by atoms with Crippen molar-refractivity contribution in [1.82, 2.24) is 9.84 Å². The summed E-state index contributed by atoms with van der Waals surface area (Å²) in [7, 11) is -3.58. The maximum absolute atomic E-state index is 12.8. The molecule has 2 aromatic carbocycles. The number of aryl methyl sites for hydroxylation is 1. The molecule has 1 N–H and O–H groups in total. The van der Waals surface area contributed by atoms with E-state index in [2.05, 4.69) is 4.83 Å². The summed E-state index contributed by atoms with van der Waals surface area (Å²) in [5.41, 5.74) is 1.50. The third kappa shape index (κ3) is 5.53. The van der Waals surface area contributed by atoms with Crippen LogP contribution in [-0.2, 0) is 10.0 Å². The first-order valence-corrected chi connectivity index (χ1v) is 12.5. The van der Waals surface area contributed by atoms with Gasteiger partial charge in [-0.15, -0.1) is 4.83 Å². The van der Waals surface area contributed by atoms with Crippen molar-refractivity contribution >= 4 is 15.8 Å². The maximum atomic E-state index is 12.8. The van der Waals surface area contributed by atoms with Crippen LogP contribution in [-0.4, -0.2) is 38.4 Å². The summed E-state index contributed by atoms with van der Waals surface area (Å²) in [6.07, 6.45) is 5.64. The highest BCUT2D eigenvalue weighted by molar-refractivity contribution is 7.89. The molecule has 4 rings (SSSR count). The van der Waals surface area contributed by atoms with Gasteiger partial charge >= 0.3 is 0 Å². The van der Waals surface area contributed by atoms with E-state index in [-0.39, 0.29) is 17.7 Å². The number of rotatable bonds is 10. The van der Waals surface area contributed by atoms with Crippen LogP contribution >= 0.6 is 0 Å². The second-order valence-corrected chi connectivity index (χ2v) is 10.1. The van der Waals surface area contributed by atoms with Gasteiger partial charge in [0.2, 0.25) is 0 Å². The van der Waals surface area contributed by atoms with Gasteiger partial charge in [-0.2, -0.15) is 0 Å². The fraction of sp³-hybridized carbons (Fsp3) is 0.458. The number of hydrazine groups is 1. The Morgan fingerprint density at radius 2 is 1.84 bits per heavy atom. The van der Waals surface area contributed by atoms with Crippen molar-refractivity contribution in [3.63, 3.8) is 0 Å². The van der Waals surface area contributed by atoms with Crippen molar-refractivity contribution in [3.8, 4) is 5.75 Å². The monoisotopic (exact) mass is 442 g/mol. The average Bonchev–Trinajstić information content (AvgIpc) is 3.52. The van der Waals surface area contributed by atoms with Crippen molar-refractivity contribution in [2.45, 2.75) is 56.4 Å². The summed E-state index contributed by atoms with van der Waals surface area (Å²) in [4.78, 5) is 15.2. The van der Waals surface area contributed by atoms with Gasteiger partial charge in [-0.25, -0.2) is 13.4 Å². The summed E-state index contributed by atoms with van der Waals surface area (Å²) in [6, 6.07) is 14.6. The Bertz CT molecular complexity index is 1020. The molecule has 2 aliphatic rings. The number of hydrogen-bond donors (Lipinski definition) is 1. The van der Waals surface area contributed by atoms with Gasteiger partial charge in [0.25, 0.3) is 10.0 Å². The summed E-state index contributed by atoms with van der Waals surface area (Å²) in [5.74, 6) is 1.22. The zero-order valence-electron chi connectivity index (χ0n) is 17.9. The average molecular weight is 443 g/mol. The van der Waals surface area contributed by atoms with Gasteiger partial charge in [-0.3, -0.25) is 4.79 Å². The predicted molar refractivity (Wildman–Crippen MR) is 119 cm³/mol. The third-order valence-electron chi connectivity index (χ3n) is 6.04. The minimum atomic E-state index is -3.58. The SMILES string of the molecule is Cc1ccccc1S(=O)(=O)NN1CCC[C@@H]1CCCOc1ccc(C(=O)C2CC2)cc1. The Morgan fingerprint density at radius 3 is 2.55 bits per heavy atom. The van der Waals surface area contributed by atoms with E-state index in [4.69, 9.17) is 4.74 Å². The fourth-order valence-corrected chi connectivity index (χ4v) is 5.52. The smallest absolute Gasteiger partial charge is 0.253 e. The molecule has 0 spiro atoms. The van der Waals surface area contributed by atoms with Crippen LogP contribution in [0, 0.1) is 12.8 Å². The van der Waals surface area contributed by atoms with E-state index < -0.39 is 10.0 Å². The number of ether oxygens (including phenoxy) is 1. The van der Waals surface area contributed by atoms with Crippen LogP contribution in [0.25, 0.3) is 0 Å². The van der Waals surface area contributed by atoms with Crippen LogP contribution in [0.1, 0.15) is 54.4 Å². The van der Waals surface area contributed by atoms with Gasteiger partial charge in [0.1, 0.15) is 5.75 Å². The number of ketones is 1. The van der Waals surface area contributed by atoms with Crippen LogP contribution in [0.3, 0.4) is 0 Å². The van der Waals surface area contributed by atoms with Crippen LogP contribution in [0.5, 0.6) is 5.75 Å². The molecule has 0 aromatic heterocycles. The molecule has 6 nitrogen and oxygen atoms in total. The van der Waals surface area contributed by atoms with Crippen molar-refractivity contribution in [2.75, 3.05) is 13.2 Å². The highest BCUT2D eigenvalue weighted by atomic mass is 32.2. The molecule has 31 heavy (non-hydrogen) atoms. The number of hydrogen-bond acceptors (Lipinski definition) is 5. The predicted octanol–water partition coefficient (Wildman–Crippen LogP) is 4.10. The standard InChI is InChI=1S/C24H30N2O4S/c1-18-6-2-3-9-23(18)31(28,29)25-26-16-4-7-21(26)8-5-17-30-22-14-12-20(13-15-22)24(27)19-10-11-19/h2-3,6,9,12-15,19,21,25H,4-5,7-8,10-11,16-17H2,1H3/t21-/m1/s1. The van der Waals surface area contributed by atoms with Gasteiger partial charge in [0.15, 0.2) is 5.78 Å². The Labute approximate surface area is 184 Å². The molecule has 1 aliphatic carbocycles. The van der Waals surface area contributed by atoms with Crippen LogP contribution in [0.15, 0.2) is 53.4 Å². The van der Waals surface area contributed by atoms with Crippen molar-refractivity contribution < 1.29 is 17.9 Å². The Balaban J connectivity index is 1.25. The zero-order chi connectivity index (χ0) is 21.8. The van der Waals surface area contributed by atoms with E-state index in [1.54, 1.807) is 12.1 Å². The van der Waals surface area contributed by atoms with Crippen molar-refractivity contribution in [1.29, 1.82) is 0 Å². The first-order valence-electron chi connectivity index (χ1n) is 11.1. The minimum absolute atomic E-state index is 0.168. The number of carbonyl (C=O) groups is 1. The highest BCUT2D eigenvalue weighted by Crippen LogP contribution is 2.33. The lowest BCUT2D eigenvalue weighted by Gasteiger charge is -2.25. The van der Waals surface area contributed by atoms with E-state index in [0.29, 0.717) is 18.0 Å². The highest BCUT2D eigenvalue weighted by Gasteiger charge is 2.30. The first kappa shape index (κ1) is 22.0. The number of nitrogens with one attached hydrogen (secondary N) is 1. The molecule has 1 heterocycles. The van der Waals surface area contributed by atoms with Crippen LogP contribution in [0.2, 0.25) is 0 Å². The molecule has 7 heteroatoms. The molecule has 166 valence electrons. The lowest BCUT2D eigenvalue weighted by atomic mass is 10.1. The molecular weight excluding hydrogens is 412 g/mol. The molecule has 1 atom stereocenters. The van der Waals surface area contributed by atoms with Crippen LogP contribution in [0.4, 0.5) is 0 Å².